The molecule has 0 aromatic rings. The van der Waals surface area contributed by atoms with E-state index in [2.05, 4.69) is 54.7 Å². The van der Waals surface area contributed by atoms with Crippen LogP contribution < -0.4 is 5.73 Å². The Hall–Kier alpha value is -1.24. The number of allylic oxidation sites excluding steroid dienone is 4. The highest BCUT2D eigenvalue weighted by Gasteiger charge is 2.31. The summed E-state index contributed by atoms with van der Waals surface area (Å²) in [4.78, 5) is 0. The van der Waals surface area contributed by atoms with Gasteiger partial charge in [0.2, 0.25) is 0 Å². The van der Waals surface area contributed by atoms with Crippen molar-refractivity contribution in [3.05, 3.63) is 47.2 Å². The summed E-state index contributed by atoms with van der Waals surface area (Å²) < 4.78 is 0. The molecule has 1 heteroatoms. The predicted molar refractivity (Wildman–Crippen MR) is 85.7 cm³/mol. The lowest BCUT2D eigenvalue weighted by Crippen LogP contribution is -2.23. The highest BCUT2D eigenvalue weighted by atomic mass is 14.6. The first-order valence-electron chi connectivity index (χ1n) is 7.05. The smallest absolute Gasteiger partial charge is 0.0320 e. The van der Waals surface area contributed by atoms with Gasteiger partial charge in [-0.25, -0.2) is 0 Å². The van der Waals surface area contributed by atoms with E-state index in [0.29, 0.717) is 5.70 Å². The second-order valence-corrected chi connectivity index (χ2v) is 7.48. The van der Waals surface area contributed by atoms with Gasteiger partial charge in [-0.1, -0.05) is 71.9 Å². The summed E-state index contributed by atoms with van der Waals surface area (Å²) in [5, 5.41) is 0. The van der Waals surface area contributed by atoms with Gasteiger partial charge in [0, 0.05) is 11.3 Å². The highest BCUT2D eigenvalue weighted by molar-refractivity contribution is 5.58. The van der Waals surface area contributed by atoms with E-state index in [0.717, 1.165) is 18.4 Å². The number of hydrogen-bond acceptors (Lipinski definition) is 1. The summed E-state index contributed by atoms with van der Waals surface area (Å²) in [5.41, 5.74) is 12.2. The van der Waals surface area contributed by atoms with Crippen LogP contribution in [0.2, 0.25) is 0 Å². The lowest BCUT2D eigenvalue weighted by molar-refractivity contribution is 0.439. The average molecular weight is 259 g/mol. The van der Waals surface area contributed by atoms with Crippen molar-refractivity contribution in [3.63, 3.8) is 0 Å². The van der Waals surface area contributed by atoms with Crippen molar-refractivity contribution in [2.45, 2.75) is 54.4 Å². The lowest BCUT2D eigenvalue weighted by Gasteiger charge is -2.36. The van der Waals surface area contributed by atoms with Crippen molar-refractivity contribution in [2.75, 3.05) is 0 Å². The maximum absolute atomic E-state index is 6.09. The second-order valence-electron chi connectivity index (χ2n) is 7.48. The second kappa shape index (κ2) is 5.03. The van der Waals surface area contributed by atoms with Gasteiger partial charge in [-0.15, -0.1) is 0 Å². The molecule has 0 unspecified atom stereocenters. The Morgan fingerprint density at radius 2 is 1.42 bits per heavy atom. The standard InChI is InChI=1S/C18H29N/c1-9-13-14(17(3,4)5)10-11-15(18(6,7)8)16(13)12(2)19/h9H,1-2,10-11,19H2,3-8H3. The maximum Gasteiger partial charge on any atom is 0.0320 e. The van der Waals surface area contributed by atoms with Crippen molar-refractivity contribution < 1.29 is 0 Å². The molecule has 0 amide bonds. The molecule has 0 bridgehead atoms. The van der Waals surface area contributed by atoms with Gasteiger partial charge < -0.3 is 5.73 Å². The monoisotopic (exact) mass is 259 g/mol. The fourth-order valence-corrected chi connectivity index (χ4v) is 2.94. The lowest BCUT2D eigenvalue weighted by atomic mass is 9.69. The average Bonchev–Trinajstić information content (AvgIpc) is 2.24. The van der Waals surface area contributed by atoms with E-state index in [4.69, 9.17) is 5.73 Å². The molecule has 0 atom stereocenters. The van der Waals surface area contributed by atoms with Crippen molar-refractivity contribution in [1.82, 2.24) is 0 Å². The molecule has 0 saturated carbocycles. The molecule has 0 spiro atoms. The number of rotatable bonds is 2. The van der Waals surface area contributed by atoms with Crippen LogP contribution in [0.15, 0.2) is 47.2 Å². The van der Waals surface area contributed by atoms with E-state index in [1.54, 1.807) is 0 Å². The van der Waals surface area contributed by atoms with Crippen LogP contribution in [0.4, 0.5) is 0 Å². The molecule has 0 aromatic carbocycles. The Morgan fingerprint density at radius 3 is 1.74 bits per heavy atom. The summed E-state index contributed by atoms with van der Waals surface area (Å²) in [6.07, 6.45) is 4.12. The van der Waals surface area contributed by atoms with Crippen molar-refractivity contribution in [1.29, 1.82) is 0 Å². The zero-order valence-electron chi connectivity index (χ0n) is 13.5. The summed E-state index contributed by atoms with van der Waals surface area (Å²) in [7, 11) is 0. The van der Waals surface area contributed by atoms with Crippen molar-refractivity contribution in [3.8, 4) is 0 Å². The van der Waals surface area contributed by atoms with E-state index in [-0.39, 0.29) is 10.8 Å². The third-order valence-electron chi connectivity index (χ3n) is 3.86. The van der Waals surface area contributed by atoms with Crippen LogP contribution in [0.25, 0.3) is 0 Å². The fraction of sp³-hybridized carbons (Fsp3) is 0.556. The van der Waals surface area contributed by atoms with Gasteiger partial charge >= 0.3 is 0 Å². The number of hydrogen-bond donors (Lipinski definition) is 1. The third kappa shape index (κ3) is 3.20. The minimum atomic E-state index is 0.120. The fourth-order valence-electron chi connectivity index (χ4n) is 2.94. The van der Waals surface area contributed by atoms with Crippen LogP contribution >= 0.6 is 0 Å². The van der Waals surface area contributed by atoms with Crippen LogP contribution in [0.1, 0.15) is 54.4 Å². The van der Waals surface area contributed by atoms with Gasteiger partial charge in [0.05, 0.1) is 0 Å². The first-order valence-corrected chi connectivity index (χ1v) is 7.05. The number of nitrogens with two attached hydrogens (primary N) is 1. The summed E-state index contributed by atoms with van der Waals surface area (Å²) in [6, 6.07) is 0. The molecule has 0 fully saturated rings. The Bertz CT molecular complexity index is 459. The highest BCUT2D eigenvalue weighted by Crippen LogP contribution is 2.46. The van der Waals surface area contributed by atoms with E-state index in [1.807, 2.05) is 6.08 Å². The summed E-state index contributed by atoms with van der Waals surface area (Å²) in [5.74, 6) is 0. The van der Waals surface area contributed by atoms with Crippen LogP contribution in [-0.2, 0) is 0 Å². The first-order chi connectivity index (χ1) is 8.50. The Balaban J connectivity index is 3.61. The molecular formula is C18H29N. The largest absolute Gasteiger partial charge is 0.399 e. The third-order valence-corrected chi connectivity index (χ3v) is 3.86. The van der Waals surface area contributed by atoms with E-state index >= 15 is 0 Å². The first kappa shape index (κ1) is 15.8. The Labute approximate surface area is 119 Å². The van der Waals surface area contributed by atoms with Gasteiger partial charge in [0.25, 0.3) is 0 Å². The van der Waals surface area contributed by atoms with Gasteiger partial charge in [0.15, 0.2) is 0 Å². The van der Waals surface area contributed by atoms with Gasteiger partial charge in [-0.3, -0.25) is 0 Å². The van der Waals surface area contributed by atoms with Crippen LogP contribution in [0, 0.1) is 10.8 Å². The molecule has 2 N–H and O–H groups in total. The molecule has 106 valence electrons. The SMILES string of the molecule is C=CC1=C(C(C)(C)C)CCC(C(C)(C)C)=C1C(=C)N. The molecule has 1 nitrogen and oxygen atoms in total. The van der Waals surface area contributed by atoms with Gasteiger partial charge in [0.1, 0.15) is 0 Å². The summed E-state index contributed by atoms with van der Waals surface area (Å²) in [6.45, 7) is 21.5. The Morgan fingerprint density at radius 1 is 1.00 bits per heavy atom. The summed E-state index contributed by atoms with van der Waals surface area (Å²) >= 11 is 0. The van der Waals surface area contributed by atoms with Gasteiger partial charge in [-0.05, 0) is 29.2 Å². The molecule has 0 heterocycles. The normalized spacial score (nSPS) is 17.8. The minimum absolute atomic E-state index is 0.120. The predicted octanol–water partition coefficient (Wildman–Crippen LogP) is 5.12. The molecule has 0 aliphatic heterocycles. The molecule has 1 rings (SSSR count). The zero-order chi connectivity index (χ0) is 15.0. The van der Waals surface area contributed by atoms with E-state index in [1.165, 1.54) is 16.7 Å². The molecule has 0 radical (unpaired) electrons. The van der Waals surface area contributed by atoms with Crippen molar-refractivity contribution >= 4 is 0 Å². The molecule has 19 heavy (non-hydrogen) atoms. The van der Waals surface area contributed by atoms with Crippen LogP contribution in [0.3, 0.4) is 0 Å². The van der Waals surface area contributed by atoms with Crippen LogP contribution in [0.5, 0.6) is 0 Å². The van der Waals surface area contributed by atoms with E-state index < -0.39 is 0 Å². The molecular weight excluding hydrogens is 230 g/mol. The molecule has 0 aromatic heterocycles. The Kier molecular flexibility index (Phi) is 4.19. The van der Waals surface area contributed by atoms with Crippen LogP contribution in [-0.4, -0.2) is 0 Å². The van der Waals surface area contributed by atoms with E-state index in [9.17, 15) is 0 Å². The molecule has 1 aliphatic carbocycles. The maximum atomic E-state index is 6.09. The van der Waals surface area contributed by atoms with Gasteiger partial charge in [-0.2, -0.15) is 0 Å². The molecule has 1 aliphatic rings. The molecule has 0 saturated heterocycles. The van der Waals surface area contributed by atoms with Crippen molar-refractivity contribution in [2.24, 2.45) is 16.6 Å². The quantitative estimate of drug-likeness (QED) is 0.731. The zero-order valence-corrected chi connectivity index (χ0v) is 13.5. The topological polar surface area (TPSA) is 26.0 Å². The minimum Gasteiger partial charge on any atom is -0.399 e.